The minimum atomic E-state index is -3.05. The van der Waals surface area contributed by atoms with Gasteiger partial charge in [0.2, 0.25) is 0 Å². The van der Waals surface area contributed by atoms with Crippen LogP contribution in [0.2, 0.25) is 0 Å². The van der Waals surface area contributed by atoms with Crippen LogP contribution < -0.4 is 5.32 Å². The van der Waals surface area contributed by atoms with Crippen molar-refractivity contribution in [3.63, 3.8) is 0 Å². The fraction of sp³-hybridized carbons (Fsp3) is 1.00. The summed E-state index contributed by atoms with van der Waals surface area (Å²) < 4.78 is 21.4. The Labute approximate surface area is 73.9 Å². The van der Waals surface area contributed by atoms with Crippen LogP contribution in [0.3, 0.4) is 0 Å². The summed E-state index contributed by atoms with van der Waals surface area (Å²) in [5.41, 5.74) is 0. The van der Waals surface area contributed by atoms with E-state index in [0.29, 0.717) is 6.54 Å². The Kier molecular flexibility index (Phi) is 5.44. The monoisotopic (exact) mass is 195 g/mol. The van der Waals surface area contributed by atoms with Crippen LogP contribution in [0.1, 0.15) is 13.3 Å². The first-order valence-corrected chi connectivity index (χ1v) is 6.08. The number of nitrogens with one attached hydrogen (secondary N) is 1. The maximum absolute atomic E-state index is 10.7. The quantitative estimate of drug-likeness (QED) is 0.555. The van der Waals surface area contributed by atoms with Crippen molar-refractivity contribution < 1.29 is 13.5 Å². The fourth-order valence-corrected chi connectivity index (χ4v) is 1.67. The molecule has 0 fully saturated rings. The Hall–Kier alpha value is -0.130. The molecule has 0 heterocycles. The highest BCUT2D eigenvalue weighted by Crippen LogP contribution is 1.89. The van der Waals surface area contributed by atoms with E-state index < -0.39 is 15.9 Å². The predicted octanol–water partition coefficient (Wildman–Crippen LogP) is -0.608. The summed E-state index contributed by atoms with van der Waals surface area (Å²) in [6, 6.07) is 0. The number of hydrogen-bond acceptors (Lipinski definition) is 4. The van der Waals surface area contributed by atoms with Crippen molar-refractivity contribution in [1.82, 2.24) is 5.32 Å². The van der Waals surface area contributed by atoms with Gasteiger partial charge in [0, 0.05) is 12.8 Å². The number of sulfone groups is 1. The predicted molar refractivity (Wildman–Crippen MR) is 48.9 cm³/mol. The normalized spacial score (nSPS) is 14.6. The smallest absolute Gasteiger partial charge is 0.150 e. The van der Waals surface area contributed by atoms with E-state index in [9.17, 15) is 8.42 Å². The van der Waals surface area contributed by atoms with Gasteiger partial charge in [-0.1, -0.05) is 6.92 Å². The van der Waals surface area contributed by atoms with Gasteiger partial charge >= 0.3 is 0 Å². The molecule has 0 saturated carbocycles. The van der Waals surface area contributed by atoms with E-state index in [1.807, 2.05) is 6.92 Å². The molecular formula is C7H17NO3S. The molecule has 74 valence electrons. The molecule has 4 nitrogen and oxygen atoms in total. The molecule has 1 unspecified atom stereocenters. The zero-order valence-electron chi connectivity index (χ0n) is 7.58. The molecule has 12 heavy (non-hydrogen) atoms. The lowest BCUT2D eigenvalue weighted by atomic mass is 10.4. The molecule has 0 aromatic heterocycles. The van der Waals surface area contributed by atoms with Gasteiger partial charge in [0.25, 0.3) is 0 Å². The van der Waals surface area contributed by atoms with E-state index >= 15 is 0 Å². The Bertz CT molecular complexity index is 201. The third-order valence-corrected chi connectivity index (χ3v) is 2.29. The van der Waals surface area contributed by atoms with Crippen molar-refractivity contribution in [2.45, 2.75) is 19.4 Å². The molecule has 0 radical (unpaired) electrons. The Morgan fingerprint density at radius 2 is 2.08 bits per heavy atom. The lowest BCUT2D eigenvalue weighted by Crippen LogP contribution is -2.32. The number of aliphatic hydroxyl groups excluding tert-OH is 1. The summed E-state index contributed by atoms with van der Waals surface area (Å²) in [5.74, 6) is -0.163. The zero-order chi connectivity index (χ0) is 9.61. The first kappa shape index (κ1) is 11.9. The van der Waals surface area contributed by atoms with Crippen molar-refractivity contribution in [2.75, 3.05) is 25.1 Å². The van der Waals surface area contributed by atoms with Gasteiger partial charge in [-0.25, -0.2) is 8.42 Å². The van der Waals surface area contributed by atoms with Gasteiger partial charge < -0.3 is 10.4 Å². The van der Waals surface area contributed by atoms with E-state index in [1.165, 1.54) is 0 Å². The van der Waals surface area contributed by atoms with Crippen molar-refractivity contribution in [1.29, 1.82) is 0 Å². The molecule has 0 aliphatic heterocycles. The van der Waals surface area contributed by atoms with Crippen LogP contribution in [0, 0.1) is 0 Å². The van der Waals surface area contributed by atoms with Gasteiger partial charge in [0.15, 0.2) is 0 Å². The Morgan fingerprint density at radius 1 is 1.50 bits per heavy atom. The first-order valence-electron chi connectivity index (χ1n) is 4.02. The molecule has 0 aromatic rings. The van der Waals surface area contributed by atoms with E-state index in [4.69, 9.17) is 5.11 Å². The summed E-state index contributed by atoms with van der Waals surface area (Å²) in [5, 5.41) is 12.1. The van der Waals surface area contributed by atoms with Crippen molar-refractivity contribution >= 4 is 9.84 Å². The second-order valence-corrected chi connectivity index (χ2v) is 5.14. The average molecular weight is 195 g/mol. The van der Waals surface area contributed by atoms with Crippen LogP contribution in [-0.4, -0.2) is 44.7 Å². The lowest BCUT2D eigenvalue weighted by Gasteiger charge is -2.09. The van der Waals surface area contributed by atoms with Crippen molar-refractivity contribution in [3.05, 3.63) is 0 Å². The Morgan fingerprint density at radius 3 is 2.50 bits per heavy atom. The van der Waals surface area contributed by atoms with Gasteiger partial charge in [-0.2, -0.15) is 0 Å². The largest absolute Gasteiger partial charge is 0.391 e. The summed E-state index contributed by atoms with van der Waals surface area (Å²) >= 11 is 0. The molecule has 1 atom stereocenters. The first-order chi connectivity index (χ1) is 5.45. The standard InChI is InChI=1S/C7H17NO3S/c1-3-4-8-5-7(9)6-12(2,10)11/h7-9H,3-6H2,1-2H3. The lowest BCUT2D eigenvalue weighted by molar-refractivity contribution is 0.194. The van der Waals surface area contributed by atoms with Gasteiger partial charge in [-0.3, -0.25) is 0 Å². The van der Waals surface area contributed by atoms with Crippen LogP contribution in [0.4, 0.5) is 0 Å². The van der Waals surface area contributed by atoms with Gasteiger partial charge in [-0.05, 0) is 13.0 Å². The maximum Gasteiger partial charge on any atom is 0.150 e. The molecule has 0 bridgehead atoms. The summed E-state index contributed by atoms with van der Waals surface area (Å²) in [6.07, 6.45) is 1.31. The van der Waals surface area contributed by atoms with Gasteiger partial charge in [0.1, 0.15) is 9.84 Å². The van der Waals surface area contributed by atoms with Crippen LogP contribution in [0.15, 0.2) is 0 Å². The van der Waals surface area contributed by atoms with Crippen LogP contribution >= 0.6 is 0 Å². The molecule has 0 saturated heterocycles. The molecular weight excluding hydrogens is 178 g/mol. The molecule has 0 rings (SSSR count). The summed E-state index contributed by atoms with van der Waals surface area (Å²) in [4.78, 5) is 0. The molecule has 0 aliphatic rings. The molecule has 0 amide bonds. The minimum Gasteiger partial charge on any atom is -0.391 e. The van der Waals surface area contributed by atoms with Gasteiger partial charge in [-0.15, -0.1) is 0 Å². The van der Waals surface area contributed by atoms with Crippen molar-refractivity contribution in [3.8, 4) is 0 Å². The maximum atomic E-state index is 10.7. The molecule has 5 heteroatoms. The van der Waals surface area contributed by atoms with Crippen LogP contribution in [0.25, 0.3) is 0 Å². The third kappa shape index (κ3) is 7.97. The molecule has 2 N–H and O–H groups in total. The average Bonchev–Trinajstić information content (AvgIpc) is 1.84. The molecule has 0 spiro atoms. The highest BCUT2D eigenvalue weighted by Gasteiger charge is 2.10. The molecule has 0 aromatic carbocycles. The zero-order valence-corrected chi connectivity index (χ0v) is 8.39. The Balaban J connectivity index is 3.53. The second kappa shape index (κ2) is 5.50. The van der Waals surface area contributed by atoms with Crippen LogP contribution in [-0.2, 0) is 9.84 Å². The highest BCUT2D eigenvalue weighted by molar-refractivity contribution is 7.90. The minimum absolute atomic E-state index is 0.163. The number of rotatable bonds is 6. The summed E-state index contributed by atoms with van der Waals surface area (Å²) in [7, 11) is -3.05. The van der Waals surface area contributed by atoms with Crippen molar-refractivity contribution in [2.24, 2.45) is 0 Å². The van der Waals surface area contributed by atoms with Gasteiger partial charge in [0.05, 0.1) is 11.9 Å². The number of aliphatic hydroxyl groups is 1. The number of hydrogen-bond donors (Lipinski definition) is 2. The summed E-state index contributed by atoms with van der Waals surface area (Å²) in [6.45, 7) is 3.16. The van der Waals surface area contributed by atoms with E-state index in [-0.39, 0.29) is 5.75 Å². The molecule has 0 aliphatic carbocycles. The third-order valence-electron chi connectivity index (χ3n) is 1.30. The van der Waals surface area contributed by atoms with E-state index in [2.05, 4.69) is 5.32 Å². The second-order valence-electron chi connectivity index (χ2n) is 2.95. The van der Waals surface area contributed by atoms with Crippen LogP contribution in [0.5, 0.6) is 0 Å². The fourth-order valence-electron chi connectivity index (χ4n) is 0.854. The topological polar surface area (TPSA) is 66.4 Å². The van der Waals surface area contributed by atoms with E-state index in [1.54, 1.807) is 0 Å². The SMILES string of the molecule is CCCNCC(O)CS(C)(=O)=O. The highest BCUT2D eigenvalue weighted by atomic mass is 32.2. The van der Waals surface area contributed by atoms with E-state index in [0.717, 1.165) is 19.2 Å².